The molecule has 0 saturated carbocycles. The molecule has 0 saturated heterocycles. The third-order valence-corrected chi connectivity index (χ3v) is 3.68. The Morgan fingerprint density at radius 3 is 2.41 bits per heavy atom. The molecule has 0 N–H and O–H groups in total. The molecule has 96 valence electrons. The van der Waals surface area contributed by atoms with E-state index >= 15 is 0 Å². The summed E-state index contributed by atoms with van der Waals surface area (Å²) in [4.78, 5) is 2.09. The van der Waals surface area contributed by atoms with Crippen molar-refractivity contribution < 1.29 is 4.39 Å². The first-order valence-corrected chi connectivity index (χ1v) is 6.83. The second-order valence-corrected chi connectivity index (χ2v) is 5.04. The number of thiol groups is 1. The zero-order chi connectivity index (χ0) is 12.8. The lowest BCUT2D eigenvalue weighted by atomic mass is 9.97. The molecule has 0 bridgehead atoms. The highest BCUT2D eigenvalue weighted by atomic mass is 32.1. The van der Waals surface area contributed by atoms with Gasteiger partial charge in [0.1, 0.15) is 5.82 Å². The maximum Gasteiger partial charge on any atom is 0.146 e. The van der Waals surface area contributed by atoms with Crippen molar-refractivity contribution in [1.29, 1.82) is 0 Å². The quantitative estimate of drug-likeness (QED) is 0.756. The Hall–Kier alpha value is -0.700. The number of halogens is 1. The second kappa shape index (κ2) is 6.90. The Morgan fingerprint density at radius 2 is 1.94 bits per heavy atom. The predicted molar refractivity (Wildman–Crippen MR) is 76.5 cm³/mol. The highest BCUT2D eigenvalue weighted by Gasteiger charge is 2.17. The highest BCUT2D eigenvalue weighted by molar-refractivity contribution is 7.80. The summed E-state index contributed by atoms with van der Waals surface area (Å²) in [6.45, 7) is 8.12. The van der Waals surface area contributed by atoms with E-state index in [0.717, 1.165) is 18.8 Å². The SMILES string of the molecule is CCN(CC(CS)C(C)C)c1ccccc1F. The van der Waals surface area contributed by atoms with E-state index in [0.29, 0.717) is 17.5 Å². The summed E-state index contributed by atoms with van der Waals surface area (Å²) >= 11 is 4.39. The van der Waals surface area contributed by atoms with Gasteiger partial charge in [-0.1, -0.05) is 26.0 Å². The molecule has 1 aromatic carbocycles. The minimum absolute atomic E-state index is 0.143. The summed E-state index contributed by atoms with van der Waals surface area (Å²) in [7, 11) is 0. The molecule has 1 unspecified atom stereocenters. The van der Waals surface area contributed by atoms with E-state index in [-0.39, 0.29) is 5.82 Å². The van der Waals surface area contributed by atoms with Gasteiger partial charge in [0.25, 0.3) is 0 Å². The van der Waals surface area contributed by atoms with Crippen molar-refractivity contribution in [2.45, 2.75) is 20.8 Å². The Balaban J connectivity index is 2.82. The molecule has 0 aromatic heterocycles. The number of benzene rings is 1. The lowest BCUT2D eigenvalue weighted by Crippen LogP contribution is -2.33. The molecule has 1 nitrogen and oxygen atoms in total. The number of hydrogen-bond acceptors (Lipinski definition) is 2. The van der Waals surface area contributed by atoms with Gasteiger partial charge in [-0.25, -0.2) is 4.39 Å². The van der Waals surface area contributed by atoms with Crippen LogP contribution in [0.3, 0.4) is 0 Å². The molecule has 0 heterocycles. The van der Waals surface area contributed by atoms with Crippen LogP contribution < -0.4 is 4.90 Å². The van der Waals surface area contributed by atoms with E-state index in [9.17, 15) is 4.39 Å². The lowest BCUT2D eigenvalue weighted by Gasteiger charge is -2.29. The molecular weight excluding hydrogens is 233 g/mol. The van der Waals surface area contributed by atoms with Gasteiger partial charge in [0.2, 0.25) is 0 Å². The Labute approximate surface area is 109 Å². The molecule has 0 spiro atoms. The summed E-state index contributed by atoms with van der Waals surface area (Å²) < 4.78 is 13.7. The second-order valence-electron chi connectivity index (χ2n) is 4.68. The van der Waals surface area contributed by atoms with Crippen LogP contribution in [0.5, 0.6) is 0 Å². The zero-order valence-corrected chi connectivity index (χ0v) is 11.8. The molecule has 3 heteroatoms. The number of nitrogens with zero attached hydrogens (tertiary/aromatic N) is 1. The fourth-order valence-electron chi connectivity index (χ4n) is 1.87. The maximum atomic E-state index is 13.7. The van der Waals surface area contributed by atoms with Crippen LogP contribution in [0.15, 0.2) is 24.3 Å². The average molecular weight is 255 g/mol. The van der Waals surface area contributed by atoms with Crippen LogP contribution in [0.2, 0.25) is 0 Å². The van der Waals surface area contributed by atoms with Crippen molar-refractivity contribution in [3.8, 4) is 0 Å². The van der Waals surface area contributed by atoms with Gasteiger partial charge in [0, 0.05) is 13.1 Å². The van der Waals surface area contributed by atoms with Gasteiger partial charge >= 0.3 is 0 Å². The number of anilines is 1. The van der Waals surface area contributed by atoms with E-state index in [1.54, 1.807) is 6.07 Å². The molecule has 1 atom stereocenters. The van der Waals surface area contributed by atoms with Crippen molar-refractivity contribution in [1.82, 2.24) is 0 Å². The third kappa shape index (κ3) is 3.91. The highest BCUT2D eigenvalue weighted by Crippen LogP contribution is 2.22. The Morgan fingerprint density at radius 1 is 1.29 bits per heavy atom. The van der Waals surface area contributed by atoms with Gasteiger partial charge < -0.3 is 4.90 Å². The first-order chi connectivity index (χ1) is 8.10. The topological polar surface area (TPSA) is 3.24 Å². The van der Waals surface area contributed by atoms with Crippen LogP contribution >= 0.6 is 12.6 Å². The van der Waals surface area contributed by atoms with Gasteiger partial charge in [-0.3, -0.25) is 0 Å². The fraction of sp³-hybridized carbons (Fsp3) is 0.571. The Kier molecular flexibility index (Phi) is 5.83. The molecule has 17 heavy (non-hydrogen) atoms. The van der Waals surface area contributed by atoms with E-state index in [4.69, 9.17) is 0 Å². The summed E-state index contributed by atoms with van der Waals surface area (Å²) in [6, 6.07) is 6.97. The molecule has 0 amide bonds. The molecule has 0 aliphatic carbocycles. The maximum absolute atomic E-state index is 13.7. The van der Waals surface area contributed by atoms with Crippen LogP contribution in [0.4, 0.5) is 10.1 Å². The zero-order valence-electron chi connectivity index (χ0n) is 10.9. The minimum atomic E-state index is -0.143. The van der Waals surface area contributed by atoms with Crippen LogP contribution in [-0.2, 0) is 0 Å². The van der Waals surface area contributed by atoms with Crippen molar-refractivity contribution >= 4 is 18.3 Å². The summed E-state index contributed by atoms with van der Waals surface area (Å²) in [5.41, 5.74) is 0.697. The van der Waals surface area contributed by atoms with Crippen LogP contribution in [0.1, 0.15) is 20.8 Å². The van der Waals surface area contributed by atoms with Crippen molar-refractivity contribution in [3.63, 3.8) is 0 Å². The van der Waals surface area contributed by atoms with Gasteiger partial charge in [-0.2, -0.15) is 12.6 Å². The van der Waals surface area contributed by atoms with Crippen molar-refractivity contribution in [3.05, 3.63) is 30.1 Å². The normalized spacial score (nSPS) is 12.8. The van der Waals surface area contributed by atoms with Crippen molar-refractivity contribution in [2.24, 2.45) is 11.8 Å². The molecular formula is C14H22FNS. The van der Waals surface area contributed by atoms with Crippen molar-refractivity contribution in [2.75, 3.05) is 23.7 Å². The summed E-state index contributed by atoms with van der Waals surface area (Å²) in [5.74, 6) is 1.74. The molecule has 1 rings (SSSR count). The molecule has 1 aromatic rings. The molecule has 0 aliphatic rings. The van der Waals surface area contributed by atoms with Crippen LogP contribution in [0.25, 0.3) is 0 Å². The smallest absolute Gasteiger partial charge is 0.146 e. The first-order valence-electron chi connectivity index (χ1n) is 6.20. The molecule has 0 aliphatic heterocycles. The van der Waals surface area contributed by atoms with E-state index in [1.165, 1.54) is 6.07 Å². The number of rotatable bonds is 6. The van der Waals surface area contributed by atoms with E-state index < -0.39 is 0 Å². The predicted octanol–water partition coefficient (Wildman–Crippen LogP) is 3.85. The van der Waals surface area contributed by atoms with Crippen LogP contribution in [0, 0.1) is 17.7 Å². The largest absolute Gasteiger partial charge is 0.369 e. The van der Waals surface area contributed by atoms with Gasteiger partial charge in [0.05, 0.1) is 5.69 Å². The van der Waals surface area contributed by atoms with Gasteiger partial charge in [-0.05, 0) is 36.6 Å². The fourth-order valence-corrected chi connectivity index (χ4v) is 2.41. The third-order valence-electron chi connectivity index (χ3n) is 3.21. The van der Waals surface area contributed by atoms with Gasteiger partial charge in [0.15, 0.2) is 0 Å². The number of para-hydroxylation sites is 1. The number of hydrogen-bond donors (Lipinski definition) is 1. The first kappa shape index (κ1) is 14.4. The van der Waals surface area contributed by atoms with E-state index in [2.05, 4.69) is 38.3 Å². The van der Waals surface area contributed by atoms with E-state index in [1.807, 2.05) is 12.1 Å². The van der Waals surface area contributed by atoms with Crippen LogP contribution in [-0.4, -0.2) is 18.8 Å². The Bertz CT molecular complexity index is 341. The lowest BCUT2D eigenvalue weighted by molar-refractivity contribution is 0.424. The monoisotopic (exact) mass is 255 g/mol. The minimum Gasteiger partial charge on any atom is -0.369 e. The van der Waals surface area contributed by atoms with Gasteiger partial charge in [-0.15, -0.1) is 0 Å². The summed E-state index contributed by atoms with van der Waals surface area (Å²) in [5, 5.41) is 0. The standard InChI is InChI=1S/C14H22FNS/c1-4-16(9-12(10-17)11(2)3)14-8-6-5-7-13(14)15/h5-8,11-12,17H,4,9-10H2,1-3H3. The molecule has 0 fully saturated rings. The molecule has 0 radical (unpaired) electrons. The summed E-state index contributed by atoms with van der Waals surface area (Å²) in [6.07, 6.45) is 0. The average Bonchev–Trinajstić information content (AvgIpc) is 2.31.